The molecule has 8 nitrogen and oxygen atoms in total. The summed E-state index contributed by atoms with van der Waals surface area (Å²) in [6.45, 7) is 5.61. The number of para-hydroxylation sites is 1. The standard InChI is InChI=1S/C21H25N3O5S/c1-14-12-19(24(26)27)16(3)20(13-14)30(28,29)22-18-10-5-4-9-17(18)21(25)23-11-7-6-8-15(23)2/h4-5,9-10,12-13,15,22H,6-8,11H2,1-3H3. The Morgan fingerprint density at radius 1 is 1.20 bits per heavy atom. The van der Waals surface area contributed by atoms with Crippen LogP contribution in [0, 0.1) is 24.0 Å². The van der Waals surface area contributed by atoms with Gasteiger partial charge < -0.3 is 4.90 Å². The van der Waals surface area contributed by atoms with Crippen LogP contribution in [0.3, 0.4) is 0 Å². The largest absolute Gasteiger partial charge is 0.336 e. The number of hydrogen-bond donors (Lipinski definition) is 1. The number of anilines is 1. The summed E-state index contributed by atoms with van der Waals surface area (Å²) < 4.78 is 28.7. The summed E-state index contributed by atoms with van der Waals surface area (Å²) in [7, 11) is -4.15. The molecule has 30 heavy (non-hydrogen) atoms. The van der Waals surface area contributed by atoms with E-state index in [1.165, 1.54) is 25.1 Å². The van der Waals surface area contributed by atoms with Gasteiger partial charge in [-0.2, -0.15) is 0 Å². The van der Waals surface area contributed by atoms with Crippen molar-refractivity contribution in [1.82, 2.24) is 4.90 Å². The zero-order valence-corrected chi connectivity index (χ0v) is 18.0. The number of sulfonamides is 1. The van der Waals surface area contributed by atoms with Crippen LogP contribution >= 0.6 is 0 Å². The van der Waals surface area contributed by atoms with E-state index in [-0.39, 0.29) is 39.3 Å². The number of benzene rings is 2. The molecule has 0 aromatic heterocycles. The Balaban J connectivity index is 2.00. The van der Waals surface area contributed by atoms with E-state index in [1.807, 2.05) is 6.92 Å². The van der Waals surface area contributed by atoms with E-state index in [0.717, 1.165) is 19.3 Å². The number of amides is 1. The lowest BCUT2D eigenvalue weighted by atomic mass is 10.0. The zero-order chi connectivity index (χ0) is 22.1. The van der Waals surface area contributed by atoms with Crippen molar-refractivity contribution in [3.05, 3.63) is 63.2 Å². The van der Waals surface area contributed by atoms with Crippen LogP contribution in [0.2, 0.25) is 0 Å². The van der Waals surface area contributed by atoms with Crippen molar-refractivity contribution in [2.45, 2.75) is 51.0 Å². The maximum absolute atomic E-state index is 13.1. The first kappa shape index (κ1) is 21.8. The molecule has 9 heteroatoms. The number of likely N-dealkylation sites (tertiary alicyclic amines) is 1. The normalized spacial score (nSPS) is 16.9. The molecule has 2 aromatic rings. The molecule has 2 aromatic carbocycles. The second-order valence-electron chi connectivity index (χ2n) is 7.66. The monoisotopic (exact) mass is 431 g/mol. The van der Waals surface area contributed by atoms with E-state index >= 15 is 0 Å². The van der Waals surface area contributed by atoms with Gasteiger partial charge in [0.2, 0.25) is 0 Å². The van der Waals surface area contributed by atoms with Crippen LogP contribution in [0.25, 0.3) is 0 Å². The van der Waals surface area contributed by atoms with Crippen molar-refractivity contribution in [2.24, 2.45) is 0 Å². The van der Waals surface area contributed by atoms with E-state index < -0.39 is 14.9 Å². The van der Waals surface area contributed by atoms with Crippen molar-refractivity contribution in [1.29, 1.82) is 0 Å². The highest BCUT2D eigenvalue weighted by Crippen LogP contribution is 2.30. The molecule has 1 heterocycles. The summed E-state index contributed by atoms with van der Waals surface area (Å²) in [6, 6.07) is 9.25. The van der Waals surface area contributed by atoms with Crippen molar-refractivity contribution < 1.29 is 18.1 Å². The molecule has 160 valence electrons. The van der Waals surface area contributed by atoms with Gasteiger partial charge in [0.1, 0.15) is 0 Å². The van der Waals surface area contributed by atoms with E-state index in [0.29, 0.717) is 12.1 Å². The maximum Gasteiger partial charge on any atom is 0.273 e. The molecule has 1 fully saturated rings. The first-order valence-corrected chi connectivity index (χ1v) is 11.3. The average Bonchev–Trinajstić information content (AvgIpc) is 2.69. The van der Waals surface area contributed by atoms with Crippen molar-refractivity contribution in [3.8, 4) is 0 Å². The average molecular weight is 432 g/mol. The Kier molecular flexibility index (Phi) is 6.12. The smallest absolute Gasteiger partial charge is 0.273 e. The molecule has 0 aliphatic carbocycles. The van der Waals surface area contributed by atoms with Crippen molar-refractivity contribution in [2.75, 3.05) is 11.3 Å². The minimum Gasteiger partial charge on any atom is -0.336 e. The van der Waals surface area contributed by atoms with Gasteiger partial charge in [0.15, 0.2) is 0 Å². The summed E-state index contributed by atoms with van der Waals surface area (Å²) in [6.07, 6.45) is 2.88. The number of nitrogens with one attached hydrogen (secondary N) is 1. The summed E-state index contributed by atoms with van der Waals surface area (Å²) in [5.74, 6) is -0.229. The van der Waals surface area contributed by atoms with Crippen LogP contribution in [0.4, 0.5) is 11.4 Å². The fourth-order valence-electron chi connectivity index (χ4n) is 3.79. The third-order valence-corrected chi connectivity index (χ3v) is 6.92. The third-order valence-electron chi connectivity index (χ3n) is 5.43. The Morgan fingerprint density at radius 2 is 1.90 bits per heavy atom. The minimum atomic E-state index is -4.15. The number of nitro benzene ring substituents is 1. The summed E-state index contributed by atoms with van der Waals surface area (Å²) in [5, 5.41) is 11.3. The predicted molar refractivity (Wildman–Crippen MR) is 114 cm³/mol. The quantitative estimate of drug-likeness (QED) is 0.568. The predicted octanol–water partition coefficient (Wildman–Crippen LogP) is 4.03. The van der Waals surface area contributed by atoms with Crippen LogP contribution in [-0.2, 0) is 10.0 Å². The van der Waals surface area contributed by atoms with Crippen molar-refractivity contribution in [3.63, 3.8) is 0 Å². The molecule has 3 rings (SSSR count). The van der Waals surface area contributed by atoms with Gasteiger partial charge in [-0.3, -0.25) is 19.6 Å². The Labute approximate surface area is 176 Å². The molecule has 1 atom stereocenters. The maximum atomic E-state index is 13.1. The van der Waals surface area contributed by atoms with Gasteiger partial charge in [-0.25, -0.2) is 8.42 Å². The molecule has 0 bridgehead atoms. The highest BCUT2D eigenvalue weighted by atomic mass is 32.2. The number of carbonyl (C=O) groups is 1. The van der Waals surface area contributed by atoms with Gasteiger partial charge in [0, 0.05) is 24.2 Å². The van der Waals surface area contributed by atoms with Crippen LogP contribution in [0.15, 0.2) is 41.3 Å². The molecular weight excluding hydrogens is 406 g/mol. The molecule has 1 saturated heterocycles. The number of nitrogens with zero attached hydrogens (tertiary/aromatic N) is 2. The minimum absolute atomic E-state index is 0.0477. The molecule has 1 amide bonds. The number of carbonyl (C=O) groups excluding carboxylic acids is 1. The topological polar surface area (TPSA) is 110 Å². The number of rotatable bonds is 5. The van der Waals surface area contributed by atoms with Gasteiger partial charge in [-0.1, -0.05) is 12.1 Å². The summed E-state index contributed by atoms with van der Waals surface area (Å²) >= 11 is 0. The summed E-state index contributed by atoms with van der Waals surface area (Å²) in [4.78, 5) is 25.4. The second kappa shape index (κ2) is 8.43. The molecule has 1 unspecified atom stereocenters. The third kappa shape index (κ3) is 4.30. The lowest BCUT2D eigenvalue weighted by Crippen LogP contribution is -2.42. The number of hydrogen-bond acceptors (Lipinski definition) is 5. The Bertz CT molecular complexity index is 1100. The van der Waals surface area contributed by atoms with Crippen LogP contribution in [0.5, 0.6) is 0 Å². The fourth-order valence-corrected chi connectivity index (χ4v) is 5.21. The first-order valence-electron chi connectivity index (χ1n) is 9.80. The first-order chi connectivity index (χ1) is 14.1. The van der Waals surface area contributed by atoms with Crippen LogP contribution in [0.1, 0.15) is 47.7 Å². The van der Waals surface area contributed by atoms with E-state index in [1.54, 1.807) is 30.0 Å². The van der Waals surface area contributed by atoms with E-state index in [9.17, 15) is 23.3 Å². The number of piperidine rings is 1. The molecule has 1 aliphatic rings. The molecular formula is C21H25N3O5S. The fraction of sp³-hybridized carbons (Fsp3) is 0.381. The SMILES string of the molecule is Cc1cc([N+](=O)[O-])c(C)c(S(=O)(=O)Nc2ccccc2C(=O)N2CCCCC2C)c1. The van der Waals surface area contributed by atoms with Gasteiger partial charge in [-0.05, 0) is 63.8 Å². The van der Waals surface area contributed by atoms with Crippen LogP contribution < -0.4 is 4.72 Å². The molecule has 1 N–H and O–H groups in total. The molecule has 0 saturated carbocycles. The van der Waals surface area contributed by atoms with E-state index in [4.69, 9.17) is 0 Å². The van der Waals surface area contributed by atoms with Crippen LogP contribution in [-0.4, -0.2) is 36.7 Å². The highest BCUT2D eigenvalue weighted by Gasteiger charge is 2.28. The lowest BCUT2D eigenvalue weighted by Gasteiger charge is -2.34. The van der Waals surface area contributed by atoms with Crippen molar-refractivity contribution >= 4 is 27.3 Å². The molecule has 0 spiro atoms. The molecule has 1 aliphatic heterocycles. The van der Waals surface area contributed by atoms with Gasteiger partial charge in [0.25, 0.3) is 21.6 Å². The highest BCUT2D eigenvalue weighted by molar-refractivity contribution is 7.92. The Hall–Kier alpha value is -2.94. The summed E-state index contributed by atoms with van der Waals surface area (Å²) in [5.41, 5.74) is 0.658. The van der Waals surface area contributed by atoms with E-state index in [2.05, 4.69) is 4.72 Å². The number of nitro groups is 1. The second-order valence-corrected chi connectivity index (χ2v) is 9.31. The van der Waals surface area contributed by atoms with Gasteiger partial charge in [0.05, 0.1) is 21.1 Å². The zero-order valence-electron chi connectivity index (χ0n) is 17.2. The Morgan fingerprint density at radius 3 is 2.57 bits per heavy atom. The van der Waals surface area contributed by atoms with Gasteiger partial charge >= 0.3 is 0 Å². The molecule has 0 radical (unpaired) electrons. The number of aryl methyl sites for hydroxylation is 1. The lowest BCUT2D eigenvalue weighted by molar-refractivity contribution is -0.385. The van der Waals surface area contributed by atoms with Gasteiger partial charge in [-0.15, -0.1) is 0 Å².